The van der Waals surface area contributed by atoms with Gasteiger partial charge in [0.2, 0.25) is 0 Å². The third-order valence-electron chi connectivity index (χ3n) is 4.49. The molecule has 1 N–H and O–H groups in total. The Kier molecular flexibility index (Phi) is 8.29. The van der Waals surface area contributed by atoms with Crippen molar-refractivity contribution < 1.29 is 4.43 Å². The van der Waals surface area contributed by atoms with Crippen LogP contribution in [0.15, 0.2) is 30.5 Å². The summed E-state index contributed by atoms with van der Waals surface area (Å²) in [7, 11) is 2.43. The molecule has 0 unspecified atom stereocenters. The van der Waals surface area contributed by atoms with Gasteiger partial charge in [-0.15, -0.1) is 0 Å². The largest absolute Gasteiger partial charge is 0.413 e. The van der Waals surface area contributed by atoms with E-state index >= 15 is 0 Å². The lowest BCUT2D eigenvalue weighted by Crippen LogP contribution is -2.40. The molecule has 0 amide bonds. The van der Waals surface area contributed by atoms with Gasteiger partial charge in [-0.2, -0.15) is 0 Å². The normalized spacial score (nSPS) is 13.2. The van der Waals surface area contributed by atoms with Crippen LogP contribution >= 0.6 is 0 Å². The van der Waals surface area contributed by atoms with Crippen LogP contribution in [0.4, 0.5) is 0 Å². The predicted octanol–water partition coefficient (Wildman–Crippen LogP) is 3.81. The molecule has 24 heavy (non-hydrogen) atoms. The van der Waals surface area contributed by atoms with E-state index in [2.05, 4.69) is 81.4 Å². The van der Waals surface area contributed by atoms with Crippen molar-refractivity contribution in [1.82, 2.24) is 15.2 Å². The second kappa shape index (κ2) is 9.46. The summed E-state index contributed by atoms with van der Waals surface area (Å²) in [4.78, 5) is 6.58. The summed E-state index contributed by atoms with van der Waals surface area (Å²) in [5.74, 6) is 0. The molecule has 0 fully saturated rings. The van der Waals surface area contributed by atoms with Gasteiger partial charge in [0.15, 0.2) is 8.32 Å². The molecule has 0 aromatic carbocycles. The second-order valence-corrected chi connectivity index (χ2v) is 12.9. The number of hydrogen-bond acceptors (Lipinski definition) is 4. The Hall–Kier alpha value is -1.01. The first-order valence-corrected chi connectivity index (χ1v) is 11.6. The van der Waals surface area contributed by atoms with E-state index in [1.165, 1.54) is 5.56 Å². The molecule has 1 heterocycles. The molecule has 0 aliphatic rings. The van der Waals surface area contributed by atoms with Gasteiger partial charge in [-0.1, -0.05) is 32.9 Å². The maximum atomic E-state index is 6.29. The van der Waals surface area contributed by atoms with E-state index in [1.54, 1.807) is 0 Å². The van der Waals surface area contributed by atoms with Crippen LogP contribution < -0.4 is 5.32 Å². The lowest BCUT2D eigenvalue weighted by molar-refractivity contribution is 0.276. The van der Waals surface area contributed by atoms with Gasteiger partial charge in [0.1, 0.15) is 0 Å². The molecular formula is C19H35N3OSi. The van der Waals surface area contributed by atoms with Crippen molar-refractivity contribution in [3.8, 4) is 0 Å². The zero-order valence-corrected chi connectivity index (χ0v) is 17.5. The van der Waals surface area contributed by atoms with Crippen LogP contribution in [0.25, 0.3) is 0 Å². The highest BCUT2D eigenvalue weighted by molar-refractivity contribution is 6.74. The first-order chi connectivity index (χ1) is 11.1. The van der Waals surface area contributed by atoms with Gasteiger partial charge in [-0.25, -0.2) is 0 Å². The van der Waals surface area contributed by atoms with Crippen molar-refractivity contribution in [3.63, 3.8) is 0 Å². The molecule has 0 saturated carbocycles. The summed E-state index contributed by atoms with van der Waals surface area (Å²) in [5, 5.41) is 3.64. The molecule has 0 bridgehead atoms. The Bertz CT molecular complexity index is 522. The number of aromatic nitrogens is 1. The van der Waals surface area contributed by atoms with Crippen LogP contribution in [0.3, 0.4) is 0 Å². The second-order valence-electron chi connectivity index (χ2n) is 8.07. The third-order valence-corrected chi connectivity index (χ3v) is 8.97. The SMILES string of the molecule is CN(C)C/C=C/CNCc1cc(CO[Si](C)(C)C(C)(C)C)ccn1. The molecule has 0 aliphatic carbocycles. The van der Waals surface area contributed by atoms with Crippen molar-refractivity contribution >= 4 is 8.32 Å². The molecule has 1 aromatic rings. The van der Waals surface area contributed by atoms with Crippen molar-refractivity contribution in [1.29, 1.82) is 0 Å². The Balaban J connectivity index is 2.45. The molecule has 1 aromatic heterocycles. The molecular weight excluding hydrogens is 314 g/mol. The topological polar surface area (TPSA) is 37.4 Å². The van der Waals surface area contributed by atoms with Crippen molar-refractivity contribution in [3.05, 3.63) is 41.7 Å². The van der Waals surface area contributed by atoms with Crippen LogP contribution in [0.5, 0.6) is 0 Å². The summed E-state index contributed by atoms with van der Waals surface area (Å²) in [6.45, 7) is 14.7. The van der Waals surface area contributed by atoms with Gasteiger partial charge >= 0.3 is 0 Å². The van der Waals surface area contributed by atoms with Crippen molar-refractivity contribution in [2.75, 3.05) is 27.2 Å². The number of pyridine rings is 1. The fourth-order valence-electron chi connectivity index (χ4n) is 1.85. The standard InChI is InChI=1S/C19H35N3OSi/c1-19(2,3)24(6,7)23-16-17-10-12-21-18(14-17)15-20-11-8-9-13-22(4)5/h8-10,12,14,20H,11,13,15-16H2,1-7H3/b9-8+. The Labute approximate surface area is 149 Å². The molecule has 0 atom stereocenters. The maximum Gasteiger partial charge on any atom is 0.192 e. The highest BCUT2D eigenvalue weighted by atomic mass is 28.4. The van der Waals surface area contributed by atoms with Crippen molar-refractivity contribution in [2.24, 2.45) is 0 Å². The highest BCUT2D eigenvalue weighted by Gasteiger charge is 2.36. The quantitative estimate of drug-likeness (QED) is 0.418. The summed E-state index contributed by atoms with van der Waals surface area (Å²) >= 11 is 0. The number of nitrogens with zero attached hydrogens (tertiary/aromatic N) is 2. The summed E-state index contributed by atoms with van der Waals surface area (Å²) in [5.41, 5.74) is 2.27. The van der Waals surface area contributed by atoms with Gasteiger partial charge in [-0.3, -0.25) is 4.98 Å². The Morgan fingerprint density at radius 1 is 1.25 bits per heavy atom. The summed E-state index contributed by atoms with van der Waals surface area (Å²) in [6.07, 6.45) is 6.21. The predicted molar refractivity (Wildman–Crippen MR) is 106 cm³/mol. The van der Waals surface area contributed by atoms with Crippen LogP contribution in [0, 0.1) is 0 Å². The smallest absolute Gasteiger partial charge is 0.192 e. The summed E-state index contributed by atoms with van der Waals surface area (Å²) < 4.78 is 6.29. The molecule has 0 radical (unpaired) electrons. The minimum absolute atomic E-state index is 0.239. The van der Waals surface area contributed by atoms with E-state index in [9.17, 15) is 0 Å². The van der Waals surface area contributed by atoms with E-state index in [1.807, 2.05) is 12.3 Å². The first-order valence-electron chi connectivity index (χ1n) is 8.70. The average Bonchev–Trinajstić information content (AvgIpc) is 2.48. The van der Waals surface area contributed by atoms with Crippen molar-refractivity contribution in [2.45, 2.75) is 52.1 Å². The molecule has 0 spiro atoms. The van der Waals surface area contributed by atoms with E-state index in [-0.39, 0.29) is 5.04 Å². The molecule has 1 rings (SSSR count). The average molecular weight is 350 g/mol. The van der Waals surface area contributed by atoms with Gasteiger partial charge in [0.05, 0.1) is 12.3 Å². The number of rotatable bonds is 9. The third kappa shape index (κ3) is 7.70. The Morgan fingerprint density at radius 3 is 2.58 bits per heavy atom. The molecule has 5 heteroatoms. The van der Waals surface area contributed by atoms with E-state index < -0.39 is 8.32 Å². The minimum atomic E-state index is -1.70. The lowest BCUT2D eigenvalue weighted by atomic mass is 10.2. The minimum Gasteiger partial charge on any atom is -0.413 e. The molecule has 0 aliphatic heterocycles. The zero-order valence-electron chi connectivity index (χ0n) is 16.5. The van der Waals surface area contributed by atoms with Crippen LogP contribution in [0.1, 0.15) is 32.0 Å². The monoisotopic (exact) mass is 349 g/mol. The van der Waals surface area contributed by atoms with Gasteiger partial charge in [-0.05, 0) is 49.9 Å². The van der Waals surface area contributed by atoms with E-state index in [4.69, 9.17) is 4.43 Å². The zero-order chi connectivity index (χ0) is 18.2. The fraction of sp³-hybridized carbons (Fsp3) is 0.632. The summed E-state index contributed by atoms with van der Waals surface area (Å²) in [6, 6.07) is 4.19. The number of likely N-dealkylation sites (N-methyl/N-ethyl adjacent to an activating group) is 1. The highest BCUT2D eigenvalue weighted by Crippen LogP contribution is 2.37. The molecule has 136 valence electrons. The number of hydrogen-bond donors (Lipinski definition) is 1. The van der Waals surface area contributed by atoms with Gasteiger partial charge in [0.25, 0.3) is 0 Å². The van der Waals surface area contributed by atoms with Gasteiger partial charge in [0, 0.05) is 25.8 Å². The van der Waals surface area contributed by atoms with Crippen LogP contribution in [0.2, 0.25) is 18.1 Å². The fourth-order valence-corrected chi connectivity index (χ4v) is 2.81. The first kappa shape index (κ1) is 21.0. The van der Waals surface area contributed by atoms with Crippen LogP contribution in [-0.2, 0) is 17.6 Å². The lowest BCUT2D eigenvalue weighted by Gasteiger charge is -2.36. The number of nitrogens with one attached hydrogen (secondary N) is 1. The molecule has 0 saturated heterocycles. The van der Waals surface area contributed by atoms with Crippen LogP contribution in [-0.4, -0.2) is 45.4 Å². The maximum absolute atomic E-state index is 6.29. The van der Waals surface area contributed by atoms with E-state index in [0.29, 0.717) is 6.61 Å². The van der Waals surface area contributed by atoms with Gasteiger partial charge < -0.3 is 14.6 Å². The van der Waals surface area contributed by atoms with E-state index in [0.717, 1.165) is 25.3 Å². The molecule has 4 nitrogen and oxygen atoms in total. The Morgan fingerprint density at radius 2 is 1.96 bits per heavy atom.